The molecule has 3 aromatic rings. The molecule has 4 heterocycles. The van der Waals surface area contributed by atoms with Gasteiger partial charge in [-0.05, 0) is 31.4 Å². The molecule has 10 heteroatoms. The first-order chi connectivity index (χ1) is 15.4. The second kappa shape index (κ2) is 8.69. The van der Waals surface area contributed by atoms with Crippen LogP contribution in [0.25, 0.3) is 11.2 Å². The molecule has 32 heavy (non-hydrogen) atoms. The largest absolute Gasteiger partial charge is 0.341 e. The van der Waals surface area contributed by atoms with Gasteiger partial charge in [0.25, 0.3) is 5.56 Å². The van der Waals surface area contributed by atoms with Crippen molar-refractivity contribution in [1.29, 1.82) is 5.26 Å². The molecule has 1 atom stereocenters. The number of nitriles is 1. The minimum Gasteiger partial charge on any atom is -0.341 e. The molecule has 0 bridgehead atoms. The van der Waals surface area contributed by atoms with Gasteiger partial charge in [0.2, 0.25) is 5.95 Å². The minimum absolute atomic E-state index is 0.00146. The van der Waals surface area contributed by atoms with Crippen LogP contribution in [0.5, 0.6) is 0 Å². The van der Waals surface area contributed by atoms with Crippen molar-refractivity contribution >= 4 is 17.1 Å². The lowest BCUT2D eigenvalue weighted by molar-refractivity contribution is 0.496. The van der Waals surface area contributed by atoms with E-state index >= 15 is 0 Å². The predicted octanol–water partition coefficient (Wildman–Crippen LogP) is 0.162. The third kappa shape index (κ3) is 3.77. The van der Waals surface area contributed by atoms with Crippen molar-refractivity contribution in [2.24, 2.45) is 12.8 Å². The SMILES string of the molecule is CC#CCn1c(N2CCC[C@@H](N)C2)nc2c1c(=O)n(Cc1cncc(C#N)c1)c(=O)n2C. The number of imidazole rings is 1. The molecule has 1 aliphatic heterocycles. The maximum absolute atomic E-state index is 13.5. The highest BCUT2D eigenvalue weighted by Gasteiger charge is 2.26. The van der Waals surface area contributed by atoms with Crippen LogP contribution in [-0.2, 0) is 20.1 Å². The monoisotopic (exact) mass is 432 g/mol. The molecule has 4 rings (SSSR count). The maximum atomic E-state index is 13.5. The Morgan fingerprint density at radius 3 is 2.81 bits per heavy atom. The van der Waals surface area contributed by atoms with Crippen molar-refractivity contribution in [2.45, 2.75) is 38.9 Å². The van der Waals surface area contributed by atoms with Crippen molar-refractivity contribution < 1.29 is 0 Å². The summed E-state index contributed by atoms with van der Waals surface area (Å²) in [5, 5.41) is 9.12. The smallest absolute Gasteiger partial charge is 0.332 e. The summed E-state index contributed by atoms with van der Waals surface area (Å²) in [6.07, 6.45) is 4.83. The first-order valence-corrected chi connectivity index (χ1v) is 10.4. The van der Waals surface area contributed by atoms with Gasteiger partial charge in [0.1, 0.15) is 6.07 Å². The fraction of sp³-hybridized carbons (Fsp3) is 0.409. The zero-order valence-corrected chi connectivity index (χ0v) is 18.1. The van der Waals surface area contributed by atoms with Gasteiger partial charge in [-0.3, -0.25) is 23.5 Å². The molecule has 0 spiro atoms. The van der Waals surface area contributed by atoms with E-state index in [9.17, 15) is 9.59 Å². The summed E-state index contributed by atoms with van der Waals surface area (Å²) in [5.41, 5.74) is 6.80. The van der Waals surface area contributed by atoms with Gasteiger partial charge < -0.3 is 10.6 Å². The third-order valence-electron chi connectivity index (χ3n) is 5.63. The van der Waals surface area contributed by atoms with Gasteiger partial charge in [0, 0.05) is 38.6 Å². The van der Waals surface area contributed by atoms with Crippen LogP contribution >= 0.6 is 0 Å². The van der Waals surface area contributed by atoms with E-state index in [1.807, 2.05) is 6.07 Å². The van der Waals surface area contributed by atoms with Gasteiger partial charge in [-0.25, -0.2) is 4.79 Å². The van der Waals surface area contributed by atoms with Crippen LogP contribution in [0.3, 0.4) is 0 Å². The Labute approximate surface area is 184 Å². The zero-order valence-electron chi connectivity index (χ0n) is 18.1. The quantitative estimate of drug-likeness (QED) is 0.582. The number of nitrogens with zero attached hydrogens (tertiary/aromatic N) is 7. The topological polar surface area (TPSA) is 128 Å². The number of nitrogens with two attached hydrogens (primary N) is 1. The Morgan fingerprint density at radius 2 is 2.09 bits per heavy atom. The molecule has 164 valence electrons. The van der Waals surface area contributed by atoms with Crippen LogP contribution in [0.15, 0.2) is 28.0 Å². The summed E-state index contributed by atoms with van der Waals surface area (Å²) in [6.45, 7) is 3.40. The summed E-state index contributed by atoms with van der Waals surface area (Å²) in [5.74, 6) is 6.47. The molecule has 1 saturated heterocycles. The van der Waals surface area contributed by atoms with Gasteiger partial charge in [-0.1, -0.05) is 5.92 Å². The number of rotatable bonds is 4. The van der Waals surface area contributed by atoms with Crippen LogP contribution in [-0.4, -0.2) is 42.8 Å². The lowest BCUT2D eigenvalue weighted by Crippen LogP contribution is -2.44. The first kappa shape index (κ1) is 21.3. The van der Waals surface area contributed by atoms with E-state index in [1.54, 1.807) is 24.6 Å². The molecule has 1 fully saturated rings. The zero-order chi connectivity index (χ0) is 22.8. The molecule has 10 nitrogen and oxygen atoms in total. The molecule has 0 saturated carbocycles. The number of aromatic nitrogens is 5. The van der Waals surface area contributed by atoms with Gasteiger partial charge in [-0.2, -0.15) is 10.2 Å². The summed E-state index contributed by atoms with van der Waals surface area (Å²) in [6, 6.07) is 3.66. The van der Waals surface area contributed by atoms with E-state index in [0.29, 0.717) is 34.8 Å². The predicted molar refractivity (Wildman–Crippen MR) is 120 cm³/mol. The number of hydrogen-bond acceptors (Lipinski definition) is 7. The highest BCUT2D eigenvalue weighted by atomic mass is 16.2. The van der Waals surface area contributed by atoms with E-state index in [2.05, 4.69) is 26.7 Å². The Bertz CT molecular complexity index is 1400. The summed E-state index contributed by atoms with van der Waals surface area (Å²) < 4.78 is 4.29. The molecular weight excluding hydrogens is 408 g/mol. The molecular formula is C22H24N8O2. The minimum atomic E-state index is -0.488. The van der Waals surface area contributed by atoms with Crippen molar-refractivity contribution in [3.63, 3.8) is 0 Å². The summed E-state index contributed by atoms with van der Waals surface area (Å²) in [4.78, 5) is 37.3. The van der Waals surface area contributed by atoms with Crippen molar-refractivity contribution in [2.75, 3.05) is 18.0 Å². The lowest BCUT2D eigenvalue weighted by atomic mass is 10.1. The van der Waals surface area contributed by atoms with Gasteiger partial charge in [-0.15, -0.1) is 5.92 Å². The first-order valence-electron chi connectivity index (χ1n) is 10.4. The number of piperidine rings is 1. The van der Waals surface area contributed by atoms with E-state index in [0.717, 1.165) is 24.0 Å². The molecule has 0 amide bonds. The standard InChI is InChI=1S/C22H24N8O2/c1-3-4-8-29-18-19(26-21(29)28-7-5-6-17(24)14-28)27(2)22(32)30(20(18)31)13-16-9-15(10-23)11-25-12-16/h9,11-12,17H,5-8,13-14,24H2,1-2H3/t17-/m1/s1. The average molecular weight is 432 g/mol. The number of fused-ring (bicyclic) bond motifs is 1. The molecule has 0 unspecified atom stereocenters. The highest BCUT2D eigenvalue weighted by molar-refractivity contribution is 5.75. The number of aryl methyl sites for hydroxylation is 1. The van der Waals surface area contributed by atoms with Crippen LogP contribution in [0.4, 0.5) is 5.95 Å². The second-order valence-corrected chi connectivity index (χ2v) is 7.87. The normalized spacial score (nSPS) is 15.9. The highest BCUT2D eigenvalue weighted by Crippen LogP contribution is 2.22. The summed E-state index contributed by atoms with van der Waals surface area (Å²) in [7, 11) is 1.60. The van der Waals surface area contributed by atoms with E-state index in [4.69, 9.17) is 11.0 Å². The van der Waals surface area contributed by atoms with Crippen LogP contribution in [0, 0.1) is 23.2 Å². The van der Waals surface area contributed by atoms with E-state index in [1.165, 1.54) is 17.0 Å². The molecule has 1 aliphatic rings. The van der Waals surface area contributed by atoms with Crippen LogP contribution < -0.4 is 21.9 Å². The van der Waals surface area contributed by atoms with Crippen LogP contribution in [0.2, 0.25) is 0 Å². The van der Waals surface area contributed by atoms with E-state index in [-0.39, 0.29) is 19.1 Å². The van der Waals surface area contributed by atoms with Crippen molar-refractivity contribution in [3.8, 4) is 17.9 Å². The molecule has 0 aromatic carbocycles. The summed E-state index contributed by atoms with van der Waals surface area (Å²) >= 11 is 0. The fourth-order valence-corrected chi connectivity index (χ4v) is 4.06. The van der Waals surface area contributed by atoms with Crippen LogP contribution in [0.1, 0.15) is 30.9 Å². The molecule has 3 aromatic heterocycles. The Morgan fingerprint density at radius 1 is 1.28 bits per heavy atom. The van der Waals surface area contributed by atoms with Gasteiger partial charge in [0.05, 0.1) is 18.7 Å². The number of pyridine rings is 1. The Hall–Kier alpha value is -3.89. The Kier molecular flexibility index (Phi) is 5.80. The lowest BCUT2D eigenvalue weighted by Gasteiger charge is -2.31. The van der Waals surface area contributed by atoms with Crippen molar-refractivity contribution in [3.05, 3.63) is 50.4 Å². The van der Waals surface area contributed by atoms with E-state index < -0.39 is 11.2 Å². The molecule has 0 aliphatic carbocycles. The number of anilines is 1. The van der Waals surface area contributed by atoms with Gasteiger partial charge in [0.15, 0.2) is 11.2 Å². The number of hydrogen-bond donors (Lipinski definition) is 1. The molecule has 0 radical (unpaired) electrons. The maximum Gasteiger partial charge on any atom is 0.332 e. The van der Waals surface area contributed by atoms with Crippen molar-refractivity contribution in [1.82, 2.24) is 23.7 Å². The fourth-order valence-electron chi connectivity index (χ4n) is 4.06. The second-order valence-electron chi connectivity index (χ2n) is 7.87. The van der Waals surface area contributed by atoms with Gasteiger partial charge >= 0.3 is 5.69 Å². The average Bonchev–Trinajstić information content (AvgIpc) is 3.19. The third-order valence-corrected chi connectivity index (χ3v) is 5.63. The molecule has 2 N–H and O–H groups in total. The Balaban J connectivity index is 1.92.